The van der Waals surface area contributed by atoms with Crippen molar-refractivity contribution in [1.82, 2.24) is 10.1 Å². The minimum Gasteiger partial charge on any atom is -0.462 e. The van der Waals surface area contributed by atoms with Gasteiger partial charge in [0.05, 0.1) is 13.2 Å². The monoisotopic (exact) mass is 623 g/mol. The zero-order chi connectivity index (χ0) is 33.0. The van der Waals surface area contributed by atoms with Crippen molar-refractivity contribution in [2.45, 2.75) is 207 Å². The van der Waals surface area contributed by atoms with Crippen LogP contribution in [0.25, 0.3) is 0 Å². The lowest BCUT2D eigenvalue weighted by molar-refractivity contribution is -0.293. The first-order valence-corrected chi connectivity index (χ1v) is 18.1. The topological polar surface area (TPSA) is 68.3 Å². The molecule has 0 bridgehead atoms. The number of Topliss-reactive ketones (excluding diaryl/α,β-unsaturated/α-hetero) is 1. The zero-order valence-electron chi connectivity index (χ0n) is 30.5. The van der Waals surface area contributed by atoms with Crippen LogP contribution in [0.2, 0.25) is 0 Å². The number of piperidine rings is 2. The molecule has 44 heavy (non-hydrogen) atoms. The van der Waals surface area contributed by atoms with Gasteiger partial charge in [0.15, 0.2) is 0 Å². The molecule has 0 aromatic carbocycles. The number of nitrogens with zero attached hydrogens (tertiary/aromatic N) is 2. The highest BCUT2D eigenvalue weighted by Gasteiger charge is 2.50. The molecular formula is C37H70N2O5. The maximum absolute atomic E-state index is 13.5. The minimum absolute atomic E-state index is 0.00931. The summed E-state index contributed by atoms with van der Waals surface area (Å²) in [6, 6.07) is 0. The molecule has 0 aliphatic carbocycles. The van der Waals surface area contributed by atoms with Crippen LogP contribution in [0, 0.1) is 5.92 Å². The van der Waals surface area contributed by atoms with Crippen LogP contribution in [0.3, 0.4) is 0 Å². The minimum atomic E-state index is -0.398. The summed E-state index contributed by atoms with van der Waals surface area (Å²) in [5.74, 6) is -0.595. The van der Waals surface area contributed by atoms with Crippen molar-refractivity contribution in [3.8, 4) is 0 Å². The molecule has 2 aliphatic heterocycles. The number of rotatable bonds is 20. The normalized spacial score (nSPS) is 22.2. The van der Waals surface area contributed by atoms with E-state index in [0.717, 1.165) is 12.8 Å². The molecule has 0 aromatic rings. The SMILES string of the molecule is CCCCCCCCON1C(C)(C)CC(OC(=O)CC(=O)C2CC(C)(C)N(OCCCCCCCC)C(C)(C)C2)CC1(C)C. The van der Waals surface area contributed by atoms with Gasteiger partial charge in [-0.05, 0) is 81.1 Å². The Morgan fingerprint density at radius 1 is 0.568 bits per heavy atom. The highest BCUT2D eigenvalue weighted by atomic mass is 16.7. The van der Waals surface area contributed by atoms with Gasteiger partial charge in [-0.25, -0.2) is 0 Å². The molecule has 7 nitrogen and oxygen atoms in total. The molecule has 0 N–H and O–H groups in total. The number of unbranched alkanes of at least 4 members (excludes halogenated alkanes) is 10. The summed E-state index contributed by atoms with van der Waals surface area (Å²) < 4.78 is 6.00. The molecule has 0 radical (unpaired) electrons. The molecule has 2 saturated heterocycles. The first kappa shape index (κ1) is 39.2. The number of carbonyl (C=O) groups is 2. The van der Waals surface area contributed by atoms with Gasteiger partial charge in [-0.2, -0.15) is 10.1 Å². The summed E-state index contributed by atoms with van der Waals surface area (Å²) in [6.45, 7) is 23.2. The Bertz CT molecular complexity index is 832. The fourth-order valence-electron chi connectivity index (χ4n) is 8.04. The van der Waals surface area contributed by atoms with Crippen LogP contribution in [0.5, 0.6) is 0 Å². The Balaban J connectivity index is 1.85. The number of ketones is 1. The molecular weight excluding hydrogens is 552 g/mol. The van der Waals surface area contributed by atoms with Crippen LogP contribution in [0.1, 0.15) is 178 Å². The fourth-order valence-corrected chi connectivity index (χ4v) is 8.04. The predicted molar refractivity (Wildman–Crippen MR) is 180 cm³/mol. The van der Waals surface area contributed by atoms with Crippen LogP contribution in [0.15, 0.2) is 0 Å². The van der Waals surface area contributed by atoms with Crippen molar-refractivity contribution < 1.29 is 24.0 Å². The Morgan fingerprint density at radius 2 is 0.932 bits per heavy atom. The highest BCUT2D eigenvalue weighted by Crippen LogP contribution is 2.43. The lowest BCUT2D eigenvalue weighted by Gasteiger charge is -2.53. The first-order chi connectivity index (χ1) is 20.6. The smallest absolute Gasteiger partial charge is 0.313 e. The van der Waals surface area contributed by atoms with Crippen molar-refractivity contribution in [3.05, 3.63) is 0 Å². The fraction of sp³-hybridized carbons (Fsp3) is 0.946. The Hall–Kier alpha value is -1.02. The van der Waals surface area contributed by atoms with Gasteiger partial charge in [-0.1, -0.05) is 78.1 Å². The van der Waals surface area contributed by atoms with Crippen LogP contribution in [-0.4, -0.2) is 63.4 Å². The van der Waals surface area contributed by atoms with Crippen molar-refractivity contribution in [1.29, 1.82) is 0 Å². The molecule has 0 aromatic heterocycles. The Labute approximate surface area is 271 Å². The summed E-state index contributed by atoms with van der Waals surface area (Å²) in [4.78, 5) is 39.3. The average Bonchev–Trinajstić information content (AvgIpc) is 2.88. The summed E-state index contributed by atoms with van der Waals surface area (Å²) in [5.41, 5.74) is -1.17. The van der Waals surface area contributed by atoms with E-state index in [2.05, 4.69) is 79.4 Å². The molecule has 2 fully saturated rings. The third kappa shape index (κ3) is 12.3. The first-order valence-electron chi connectivity index (χ1n) is 18.1. The largest absolute Gasteiger partial charge is 0.462 e. The molecule has 2 aliphatic rings. The second-order valence-electron chi connectivity index (χ2n) is 16.3. The van der Waals surface area contributed by atoms with Gasteiger partial charge < -0.3 is 4.74 Å². The van der Waals surface area contributed by atoms with Crippen LogP contribution in [-0.2, 0) is 24.0 Å². The standard InChI is InChI=1S/C37H70N2O5/c1-11-13-15-17-19-21-23-42-38-34(3,4)26-30(27-35(38,5)6)32(40)25-33(41)44-31-28-36(7,8)39(37(9,10)29-31)43-24-22-20-18-16-14-12-2/h30-31H,11-29H2,1-10H3. The van der Waals surface area contributed by atoms with E-state index in [1.807, 2.05) is 0 Å². The quantitative estimate of drug-likeness (QED) is 0.0761. The molecule has 258 valence electrons. The molecule has 2 rings (SSSR count). The van der Waals surface area contributed by atoms with Crippen LogP contribution >= 0.6 is 0 Å². The van der Waals surface area contributed by atoms with Gasteiger partial charge in [0.2, 0.25) is 0 Å². The molecule has 0 saturated carbocycles. The molecule has 7 heteroatoms. The van der Waals surface area contributed by atoms with E-state index in [4.69, 9.17) is 14.4 Å². The zero-order valence-corrected chi connectivity index (χ0v) is 30.5. The van der Waals surface area contributed by atoms with Crippen molar-refractivity contribution >= 4 is 11.8 Å². The van der Waals surface area contributed by atoms with Gasteiger partial charge in [0, 0.05) is 40.9 Å². The van der Waals surface area contributed by atoms with Gasteiger partial charge in [-0.3, -0.25) is 19.3 Å². The lowest BCUT2D eigenvalue weighted by Crippen LogP contribution is -2.62. The van der Waals surface area contributed by atoms with Crippen LogP contribution in [0.4, 0.5) is 0 Å². The number of esters is 1. The summed E-state index contributed by atoms with van der Waals surface area (Å²) >= 11 is 0. The van der Waals surface area contributed by atoms with Crippen molar-refractivity contribution in [2.24, 2.45) is 5.92 Å². The van der Waals surface area contributed by atoms with Crippen LogP contribution < -0.4 is 0 Å². The van der Waals surface area contributed by atoms with E-state index in [-0.39, 0.29) is 46.4 Å². The van der Waals surface area contributed by atoms with Gasteiger partial charge in [0.25, 0.3) is 0 Å². The van der Waals surface area contributed by atoms with Crippen molar-refractivity contribution in [3.63, 3.8) is 0 Å². The number of carbonyl (C=O) groups excluding carboxylic acids is 2. The Kier molecular flexibility index (Phi) is 15.8. The summed E-state index contributed by atoms with van der Waals surface area (Å²) in [5, 5.41) is 4.26. The van der Waals surface area contributed by atoms with E-state index < -0.39 is 5.97 Å². The summed E-state index contributed by atoms with van der Waals surface area (Å²) in [7, 11) is 0. The van der Waals surface area contributed by atoms with Crippen molar-refractivity contribution in [2.75, 3.05) is 13.2 Å². The molecule has 2 heterocycles. The van der Waals surface area contributed by atoms with Gasteiger partial charge >= 0.3 is 5.97 Å². The number of hydrogen-bond donors (Lipinski definition) is 0. The number of ether oxygens (including phenoxy) is 1. The maximum Gasteiger partial charge on any atom is 0.313 e. The van der Waals surface area contributed by atoms with E-state index in [1.54, 1.807) is 0 Å². The van der Waals surface area contributed by atoms with Gasteiger partial charge in [0.1, 0.15) is 18.3 Å². The predicted octanol–water partition coefficient (Wildman–Crippen LogP) is 9.36. The van der Waals surface area contributed by atoms with E-state index >= 15 is 0 Å². The average molecular weight is 623 g/mol. The second kappa shape index (κ2) is 17.8. The number of hydroxylamine groups is 4. The molecule has 0 unspecified atom stereocenters. The number of hydrogen-bond acceptors (Lipinski definition) is 7. The van der Waals surface area contributed by atoms with E-state index in [1.165, 1.54) is 64.2 Å². The van der Waals surface area contributed by atoms with E-state index in [9.17, 15) is 9.59 Å². The molecule has 0 atom stereocenters. The highest BCUT2D eigenvalue weighted by molar-refractivity contribution is 5.97. The summed E-state index contributed by atoms with van der Waals surface area (Å²) in [6.07, 6.45) is 17.1. The third-order valence-electron chi connectivity index (χ3n) is 9.65. The lowest BCUT2D eigenvalue weighted by atomic mass is 9.73. The maximum atomic E-state index is 13.5. The molecule has 0 spiro atoms. The third-order valence-corrected chi connectivity index (χ3v) is 9.65. The van der Waals surface area contributed by atoms with E-state index in [0.29, 0.717) is 38.9 Å². The molecule has 0 amide bonds. The second-order valence-corrected chi connectivity index (χ2v) is 16.3. The van der Waals surface area contributed by atoms with Gasteiger partial charge in [-0.15, -0.1) is 0 Å². The Morgan fingerprint density at radius 3 is 1.34 bits per heavy atom.